The van der Waals surface area contributed by atoms with Gasteiger partial charge < -0.3 is 15.5 Å². The highest BCUT2D eigenvalue weighted by Crippen LogP contribution is 2.26. The molecule has 0 saturated carbocycles. The number of ether oxygens (including phenoxy) is 1. The van der Waals surface area contributed by atoms with Crippen molar-refractivity contribution in [3.8, 4) is 0 Å². The molecule has 0 amide bonds. The van der Waals surface area contributed by atoms with Crippen molar-refractivity contribution in [1.29, 1.82) is 0 Å². The van der Waals surface area contributed by atoms with Crippen LogP contribution < -0.4 is 11.2 Å². The average Bonchev–Trinajstić information content (AvgIpc) is 2.46. The van der Waals surface area contributed by atoms with E-state index in [0.717, 1.165) is 10.8 Å². The Labute approximate surface area is 114 Å². The van der Waals surface area contributed by atoms with Crippen molar-refractivity contribution >= 4 is 33.3 Å². The fourth-order valence-electron chi connectivity index (χ4n) is 2.32. The van der Waals surface area contributed by atoms with Gasteiger partial charge in [0.15, 0.2) is 5.43 Å². The number of aromatic amines is 1. The van der Waals surface area contributed by atoms with E-state index < -0.39 is 5.97 Å². The van der Waals surface area contributed by atoms with Gasteiger partial charge in [-0.2, -0.15) is 0 Å². The zero-order chi connectivity index (χ0) is 14.3. The molecular formula is C15H12N2O3. The molecule has 0 bridgehead atoms. The minimum Gasteiger partial charge on any atom is -0.464 e. The Balaban J connectivity index is 2.49. The lowest BCUT2D eigenvalue weighted by molar-refractivity contribution is 0.0594. The number of methoxy groups -OCH3 is 1. The SMILES string of the molecule is COC(=O)c1cc(=O)c2ccc3c(N)cccc3c2[nH]1. The molecule has 5 heteroatoms. The number of nitrogen functional groups attached to an aromatic ring is 1. The van der Waals surface area contributed by atoms with Gasteiger partial charge >= 0.3 is 5.97 Å². The summed E-state index contributed by atoms with van der Waals surface area (Å²) in [6.45, 7) is 0. The molecule has 3 rings (SSSR count). The molecule has 1 aromatic heterocycles. The van der Waals surface area contributed by atoms with E-state index in [1.165, 1.54) is 13.2 Å². The highest BCUT2D eigenvalue weighted by atomic mass is 16.5. The summed E-state index contributed by atoms with van der Waals surface area (Å²) < 4.78 is 4.64. The van der Waals surface area contributed by atoms with Gasteiger partial charge in [0.1, 0.15) is 5.69 Å². The van der Waals surface area contributed by atoms with Crippen molar-refractivity contribution in [3.63, 3.8) is 0 Å². The fourth-order valence-corrected chi connectivity index (χ4v) is 2.32. The third-order valence-electron chi connectivity index (χ3n) is 3.30. The monoisotopic (exact) mass is 268 g/mol. The molecule has 0 atom stereocenters. The minimum absolute atomic E-state index is 0.125. The Morgan fingerprint density at radius 2 is 1.90 bits per heavy atom. The summed E-state index contributed by atoms with van der Waals surface area (Å²) in [4.78, 5) is 26.6. The van der Waals surface area contributed by atoms with Gasteiger partial charge in [-0.05, 0) is 12.1 Å². The molecule has 20 heavy (non-hydrogen) atoms. The zero-order valence-electron chi connectivity index (χ0n) is 10.8. The van der Waals surface area contributed by atoms with Crippen LogP contribution in [0.4, 0.5) is 5.69 Å². The Morgan fingerprint density at radius 3 is 2.65 bits per heavy atom. The summed E-state index contributed by atoms with van der Waals surface area (Å²) in [6, 6.07) is 10.2. The van der Waals surface area contributed by atoms with Crippen molar-refractivity contribution in [2.45, 2.75) is 0 Å². The van der Waals surface area contributed by atoms with Crippen LogP contribution in [-0.4, -0.2) is 18.1 Å². The zero-order valence-corrected chi connectivity index (χ0v) is 10.8. The van der Waals surface area contributed by atoms with Crippen LogP contribution in [0, 0.1) is 0 Å². The van der Waals surface area contributed by atoms with Crippen molar-refractivity contribution < 1.29 is 9.53 Å². The number of carbonyl (C=O) groups excluding carboxylic acids is 1. The Morgan fingerprint density at radius 1 is 1.15 bits per heavy atom. The number of anilines is 1. The van der Waals surface area contributed by atoms with Crippen LogP contribution in [0.2, 0.25) is 0 Å². The highest BCUT2D eigenvalue weighted by molar-refractivity contribution is 6.09. The van der Waals surface area contributed by atoms with Gasteiger partial charge in [-0.25, -0.2) is 4.79 Å². The lowest BCUT2D eigenvalue weighted by Gasteiger charge is -2.07. The van der Waals surface area contributed by atoms with Gasteiger partial charge in [-0.3, -0.25) is 4.79 Å². The second-order valence-electron chi connectivity index (χ2n) is 4.47. The molecular weight excluding hydrogens is 256 g/mol. The Bertz CT molecular complexity index is 897. The molecule has 3 aromatic rings. The Kier molecular flexibility index (Phi) is 2.68. The standard InChI is InChI=1S/C15H12N2O3/c1-20-15(19)12-7-13(18)10-6-5-8-9(14(10)17-12)3-2-4-11(8)16/h2-7H,16H2,1H3,(H,17,18). The average molecular weight is 268 g/mol. The minimum atomic E-state index is -0.579. The quantitative estimate of drug-likeness (QED) is 0.402. The third-order valence-corrected chi connectivity index (χ3v) is 3.30. The predicted octanol–water partition coefficient (Wildman–Crippen LogP) is 2.05. The number of nitrogens with one attached hydrogen (secondary N) is 1. The lowest BCUT2D eigenvalue weighted by Crippen LogP contribution is -2.11. The predicted molar refractivity (Wildman–Crippen MR) is 77.8 cm³/mol. The lowest BCUT2D eigenvalue weighted by atomic mass is 10.0. The molecule has 0 spiro atoms. The van der Waals surface area contributed by atoms with Crippen molar-refractivity contribution in [3.05, 3.63) is 52.3 Å². The van der Waals surface area contributed by atoms with E-state index in [4.69, 9.17) is 5.73 Å². The van der Waals surface area contributed by atoms with E-state index in [9.17, 15) is 9.59 Å². The molecule has 0 aliphatic rings. The van der Waals surface area contributed by atoms with Crippen LogP contribution in [0.25, 0.3) is 21.7 Å². The van der Waals surface area contributed by atoms with Crippen molar-refractivity contribution in [2.24, 2.45) is 0 Å². The van der Waals surface area contributed by atoms with E-state index in [0.29, 0.717) is 16.6 Å². The third kappa shape index (κ3) is 1.72. The number of esters is 1. The van der Waals surface area contributed by atoms with Crippen molar-refractivity contribution in [1.82, 2.24) is 4.98 Å². The maximum Gasteiger partial charge on any atom is 0.354 e. The smallest absolute Gasteiger partial charge is 0.354 e. The molecule has 3 N–H and O–H groups in total. The van der Waals surface area contributed by atoms with Crippen LogP contribution in [-0.2, 0) is 4.74 Å². The summed E-state index contributed by atoms with van der Waals surface area (Å²) >= 11 is 0. The Hall–Kier alpha value is -2.82. The second-order valence-corrected chi connectivity index (χ2v) is 4.47. The number of fused-ring (bicyclic) bond motifs is 3. The summed E-state index contributed by atoms with van der Waals surface area (Å²) in [5, 5.41) is 2.14. The summed E-state index contributed by atoms with van der Waals surface area (Å²) in [6.07, 6.45) is 0. The molecule has 5 nitrogen and oxygen atoms in total. The molecule has 0 aliphatic heterocycles. The van der Waals surface area contributed by atoms with Crippen LogP contribution in [0.15, 0.2) is 41.2 Å². The number of nitrogens with two attached hydrogens (primary N) is 1. The molecule has 0 unspecified atom stereocenters. The van der Waals surface area contributed by atoms with Gasteiger partial charge in [-0.15, -0.1) is 0 Å². The molecule has 0 saturated heterocycles. The van der Waals surface area contributed by atoms with E-state index in [1.54, 1.807) is 24.3 Å². The topological polar surface area (TPSA) is 85.2 Å². The van der Waals surface area contributed by atoms with E-state index >= 15 is 0 Å². The maximum absolute atomic E-state index is 12.1. The summed E-state index contributed by atoms with van der Waals surface area (Å²) in [5.74, 6) is -0.579. The maximum atomic E-state index is 12.1. The number of H-pyrrole nitrogens is 1. The van der Waals surface area contributed by atoms with E-state index in [-0.39, 0.29) is 11.1 Å². The number of benzene rings is 2. The number of carbonyl (C=O) groups is 1. The molecule has 2 aromatic carbocycles. The van der Waals surface area contributed by atoms with Crippen LogP contribution in [0.1, 0.15) is 10.5 Å². The molecule has 1 heterocycles. The number of hydrogen-bond donors (Lipinski definition) is 2. The largest absolute Gasteiger partial charge is 0.464 e. The van der Waals surface area contributed by atoms with E-state index in [1.807, 2.05) is 6.07 Å². The van der Waals surface area contributed by atoms with Gasteiger partial charge in [0.2, 0.25) is 0 Å². The van der Waals surface area contributed by atoms with Gasteiger partial charge in [0.25, 0.3) is 0 Å². The first-order valence-electron chi connectivity index (χ1n) is 6.04. The first-order valence-corrected chi connectivity index (χ1v) is 6.04. The molecule has 0 radical (unpaired) electrons. The first kappa shape index (κ1) is 12.2. The first-order chi connectivity index (χ1) is 9.61. The fraction of sp³-hybridized carbons (Fsp3) is 0.0667. The van der Waals surface area contributed by atoms with Crippen LogP contribution in [0.3, 0.4) is 0 Å². The normalized spacial score (nSPS) is 10.8. The highest BCUT2D eigenvalue weighted by Gasteiger charge is 2.12. The van der Waals surface area contributed by atoms with Gasteiger partial charge in [0, 0.05) is 27.9 Å². The number of pyridine rings is 1. The van der Waals surface area contributed by atoms with Gasteiger partial charge in [-0.1, -0.05) is 18.2 Å². The number of hydrogen-bond acceptors (Lipinski definition) is 4. The second kappa shape index (κ2) is 4.38. The van der Waals surface area contributed by atoms with Crippen LogP contribution in [0.5, 0.6) is 0 Å². The summed E-state index contributed by atoms with van der Waals surface area (Å²) in [5.41, 5.74) is 7.02. The molecule has 100 valence electrons. The molecule has 0 fully saturated rings. The number of aromatic nitrogens is 1. The van der Waals surface area contributed by atoms with Gasteiger partial charge in [0.05, 0.1) is 12.6 Å². The van der Waals surface area contributed by atoms with E-state index in [2.05, 4.69) is 9.72 Å². The van der Waals surface area contributed by atoms with Crippen molar-refractivity contribution in [2.75, 3.05) is 12.8 Å². The molecule has 0 aliphatic carbocycles. The number of rotatable bonds is 1. The van der Waals surface area contributed by atoms with Crippen LogP contribution >= 0.6 is 0 Å². The summed E-state index contributed by atoms with van der Waals surface area (Å²) in [7, 11) is 1.27.